The molecule has 0 aromatic heterocycles. The molecule has 3 rings (SSSR count). The van der Waals surface area contributed by atoms with Crippen molar-refractivity contribution in [3.8, 4) is 5.75 Å². The van der Waals surface area contributed by atoms with Crippen LogP contribution >= 0.6 is 0 Å². The fourth-order valence-electron chi connectivity index (χ4n) is 3.16. The molecule has 128 valence electrons. The summed E-state index contributed by atoms with van der Waals surface area (Å²) in [6, 6.07) is 12.7. The fraction of sp³-hybridized carbons (Fsp3) is 0.238. The smallest absolute Gasteiger partial charge is 0.197 e. The normalized spacial score (nSPS) is 13.0. The van der Waals surface area contributed by atoms with Crippen molar-refractivity contribution in [3.05, 3.63) is 64.7 Å². The molecule has 25 heavy (non-hydrogen) atoms. The van der Waals surface area contributed by atoms with Crippen molar-refractivity contribution in [2.24, 2.45) is 0 Å². The maximum atomic E-state index is 12.5. The van der Waals surface area contributed by atoms with Gasteiger partial charge in [-0.25, -0.2) is 0 Å². The Kier molecular flexibility index (Phi) is 4.70. The van der Waals surface area contributed by atoms with Crippen molar-refractivity contribution in [1.29, 1.82) is 0 Å². The molecule has 0 unspecified atom stereocenters. The van der Waals surface area contributed by atoms with Crippen LogP contribution in [0.1, 0.15) is 40.1 Å². The molecule has 0 spiro atoms. The van der Waals surface area contributed by atoms with Gasteiger partial charge in [0.2, 0.25) is 0 Å². The first-order valence-corrected chi connectivity index (χ1v) is 8.43. The van der Waals surface area contributed by atoms with Crippen molar-refractivity contribution >= 4 is 23.3 Å². The van der Waals surface area contributed by atoms with Gasteiger partial charge >= 0.3 is 0 Å². The van der Waals surface area contributed by atoms with Gasteiger partial charge in [-0.2, -0.15) is 0 Å². The maximum absolute atomic E-state index is 12.5. The highest BCUT2D eigenvalue weighted by molar-refractivity contribution is 6.41. The molecule has 0 saturated heterocycles. The topological polar surface area (TPSA) is 46.6 Å². The van der Waals surface area contributed by atoms with Crippen LogP contribution in [0.2, 0.25) is 0 Å². The van der Waals surface area contributed by atoms with Crippen LogP contribution in [0.25, 0.3) is 6.08 Å². The van der Waals surface area contributed by atoms with E-state index >= 15 is 0 Å². The molecule has 0 radical (unpaired) electrons. The van der Waals surface area contributed by atoms with Crippen LogP contribution in [-0.2, 0) is 0 Å². The first kappa shape index (κ1) is 17.0. The molecule has 0 amide bonds. The second kappa shape index (κ2) is 6.93. The number of allylic oxidation sites excluding steroid dienone is 1. The summed E-state index contributed by atoms with van der Waals surface area (Å²) in [5.41, 5.74) is 2.91. The van der Waals surface area contributed by atoms with E-state index in [4.69, 9.17) is 4.74 Å². The SMILES string of the molecule is CCN(CC)c1ccc(C=C2C(=O)c3ccccc3C2=O)c(OC)c1. The molecular weight excluding hydrogens is 314 g/mol. The highest BCUT2D eigenvalue weighted by atomic mass is 16.5. The lowest BCUT2D eigenvalue weighted by molar-refractivity contribution is 0.0990. The first-order valence-electron chi connectivity index (χ1n) is 8.43. The molecule has 1 aliphatic rings. The molecule has 0 bridgehead atoms. The summed E-state index contributed by atoms with van der Waals surface area (Å²) in [6.07, 6.45) is 1.63. The largest absolute Gasteiger partial charge is 0.496 e. The molecule has 0 atom stereocenters. The number of hydrogen-bond donors (Lipinski definition) is 0. The number of benzene rings is 2. The Labute approximate surface area is 147 Å². The number of Topliss-reactive ketones (excluding diaryl/α,β-unsaturated/α-hetero) is 2. The van der Waals surface area contributed by atoms with E-state index in [0.29, 0.717) is 16.9 Å². The zero-order valence-electron chi connectivity index (χ0n) is 14.7. The predicted octanol–water partition coefficient (Wildman–Crippen LogP) is 4.00. The second-order valence-corrected chi connectivity index (χ2v) is 5.86. The second-order valence-electron chi connectivity index (χ2n) is 5.86. The highest BCUT2D eigenvalue weighted by Crippen LogP contribution is 2.32. The molecule has 2 aromatic carbocycles. The van der Waals surface area contributed by atoms with E-state index in [1.807, 2.05) is 18.2 Å². The number of rotatable bonds is 5. The van der Waals surface area contributed by atoms with Crippen molar-refractivity contribution in [1.82, 2.24) is 0 Å². The molecule has 4 nitrogen and oxygen atoms in total. The Bertz CT molecular complexity index is 826. The Morgan fingerprint density at radius 2 is 1.56 bits per heavy atom. The quantitative estimate of drug-likeness (QED) is 0.612. The zero-order valence-corrected chi connectivity index (χ0v) is 14.7. The molecule has 0 aliphatic heterocycles. The van der Waals surface area contributed by atoms with Gasteiger partial charge in [0.1, 0.15) is 5.75 Å². The monoisotopic (exact) mass is 335 g/mol. The first-order chi connectivity index (χ1) is 12.1. The summed E-state index contributed by atoms with van der Waals surface area (Å²) in [5, 5.41) is 0. The van der Waals surface area contributed by atoms with Gasteiger partial charge in [0.25, 0.3) is 0 Å². The van der Waals surface area contributed by atoms with E-state index in [1.165, 1.54) is 0 Å². The highest BCUT2D eigenvalue weighted by Gasteiger charge is 2.32. The van der Waals surface area contributed by atoms with Crippen LogP contribution in [0.3, 0.4) is 0 Å². The minimum atomic E-state index is -0.226. The average Bonchev–Trinajstić information content (AvgIpc) is 2.89. The summed E-state index contributed by atoms with van der Waals surface area (Å²) in [4.78, 5) is 27.3. The van der Waals surface area contributed by atoms with Gasteiger partial charge in [-0.1, -0.05) is 24.3 Å². The summed E-state index contributed by atoms with van der Waals surface area (Å²) in [7, 11) is 1.59. The summed E-state index contributed by atoms with van der Waals surface area (Å²) < 4.78 is 5.49. The van der Waals surface area contributed by atoms with Crippen molar-refractivity contribution < 1.29 is 14.3 Å². The van der Waals surface area contributed by atoms with E-state index in [0.717, 1.165) is 24.3 Å². The van der Waals surface area contributed by atoms with Gasteiger partial charge < -0.3 is 9.64 Å². The maximum Gasteiger partial charge on any atom is 0.197 e. The van der Waals surface area contributed by atoms with E-state index in [2.05, 4.69) is 18.7 Å². The van der Waals surface area contributed by atoms with Gasteiger partial charge in [-0.05, 0) is 32.1 Å². The Balaban J connectivity index is 2.02. The van der Waals surface area contributed by atoms with E-state index in [9.17, 15) is 9.59 Å². The molecule has 0 N–H and O–H groups in total. The summed E-state index contributed by atoms with van der Waals surface area (Å²) in [6.45, 7) is 5.98. The molecule has 1 aliphatic carbocycles. The fourth-order valence-corrected chi connectivity index (χ4v) is 3.16. The number of anilines is 1. The molecular formula is C21H21NO3. The third kappa shape index (κ3) is 2.95. The lowest BCUT2D eigenvalue weighted by Crippen LogP contribution is -2.21. The molecule has 0 fully saturated rings. The van der Waals surface area contributed by atoms with Crippen LogP contribution in [0.5, 0.6) is 5.75 Å². The minimum Gasteiger partial charge on any atom is -0.496 e. The average molecular weight is 335 g/mol. The van der Waals surface area contributed by atoms with E-state index in [1.54, 1.807) is 37.5 Å². The van der Waals surface area contributed by atoms with Gasteiger partial charge in [0, 0.05) is 41.5 Å². The number of methoxy groups -OCH3 is 1. The predicted molar refractivity (Wildman–Crippen MR) is 99.6 cm³/mol. The van der Waals surface area contributed by atoms with E-state index < -0.39 is 0 Å². The Morgan fingerprint density at radius 3 is 2.08 bits per heavy atom. The van der Waals surface area contributed by atoms with Gasteiger partial charge in [0.05, 0.1) is 12.7 Å². The van der Waals surface area contributed by atoms with Crippen LogP contribution < -0.4 is 9.64 Å². The lowest BCUT2D eigenvalue weighted by atomic mass is 10.1. The summed E-state index contributed by atoms with van der Waals surface area (Å²) >= 11 is 0. The van der Waals surface area contributed by atoms with Gasteiger partial charge in [-0.3, -0.25) is 9.59 Å². The molecule has 4 heteroatoms. The van der Waals surface area contributed by atoms with Crippen molar-refractivity contribution in [2.45, 2.75) is 13.8 Å². The van der Waals surface area contributed by atoms with Gasteiger partial charge in [0.15, 0.2) is 11.6 Å². The zero-order chi connectivity index (χ0) is 18.0. The molecule has 0 saturated carbocycles. The number of fused-ring (bicyclic) bond motifs is 1. The van der Waals surface area contributed by atoms with Crippen LogP contribution in [-0.4, -0.2) is 31.8 Å². The van der Waals surface area contributed by atoms with Crippen LogP contribution in [0.15, 0.2) is 48.0 Å². The number of carbonyl (C=O) groups excluding carboxylic acids is 2. The van der Waals surface area contributed by atoms with E-state index in [-0.39, 0.29) is 17.1 Å². The van der Waals surface area contributed by atoms with Gasteiger partial charge in [-0.15, -0.1) is 0 Å². The molecule has 0 heterocycles. The standard InChI is InChI=1S/C21H21NO3/c1-4-22(5-2)15-11-10-14(19(13-15)25-3)12-18-20(23)16-8-6-7-9-17(16)21(18)24/h6-13H,4-5H2,1-3H3. The Morgan fingerprint density at radius 1 is 0.960 bits per heavy atom. The lowest BCUT2D eigenvalue weighted by Gasteiger charge is -2.22. The number of ketones is 2. The number of nitrogens with zero attached hydrogens (tertiary/aromatic N) is 1. The third-order valence-corrected chi connectivity index (χ3v) is 4.55. The summed E-state index contributed by atoms with van der Waals surface area (Å²) in [5.74, 6) is 0.194. The number of hydrogen-bond acceptors (Lipinski definition) is 4. The van der Waals surface area contributed by atoms with Crippen molar-refractivity contribution in [2.75, 3.05) is 25.1 Å². The minimum absolute atomic E-state index is 0.190. The Hall–Kier alpha value is -2.88. The van der Waals surface area contributed by atoms with Crippen LogP contribution in [0.4, 0.5) is 5.69 Å². The number of ether oxygens (including phenoxy) is 1. The van der Waals surface area contributed by atoms with Crippen molar-refractivity contribution in [3.63, 3.8) is 0 Å². The molecule has 2 aromatic rings. The third-order valence-electron chi connectivity index (χ3n) is 4.55. The van der Waals surface area contributed by atoms with Crippen LogP contribution in [0, 0.1) is 0 Å². The number of carbonyl (C=O) groups is 2.